The molecule has 0 saturated carbocycles. The fourth-order valence-corrected chi connectivity index (χ4v) is 3.94. The predicted molar refractivity (Wildman–Crippen MR) is 102 cm³/mol. The Labute approximate surface area is 161 Å². The second kappa shape index (κ2) is 8.14. The molecule has 1 aliphatic heterocycles. The number of carbonyl (C=O) groups excluding carboxylic acids is 2. The highest BCUT2D eigenvalue weighted by Gasteiger charge is 2.29. The SMILES string of the molecule is Cc1ccc2c(c1)S[C@H](C(=O)NNC(=O)[C@@H](C)Oc1ccc(C#N)cc1)C2. The van der Waals surface area contributed by atoms with E-state index in [0.717, 1.165) is 16.0 Å². The van der Waals surface area contributed by atoms with Crippen molar-refractivity contribution in [2.75, 3.05) is 0 Å². The van der Waals surface area contributed by atoms with Gasteiger partial charge in [-0.15, -0.1) is 11.8 Å². The molecule has 0 spiro atoms. The van der Waals surface area contributed by atoms with Gasteiger partial charge < -0.3 is 4.74 Å². The number of ether oxygens (including phenoxy) is 1. The maximum Gasteiger partial charge on any atom is 0.279 e. The van der Waals surface area contributed by atoms with Crippen LogP contribution in [0.2, 0.25) is 0 Å². The Morgan fingerprint density at radius 1 is 1.22 bits per heavy atom. The molecule has 0 unspecified atom stereocenters. The van der Waals surface area contributed by atoms with Crippen LogP contribution < -0.4 is 15.6 Å². The summed E-state index contributed by atoms with van der Waals surface area (Å²) in [4.78, 5) is 25.6. The Morgan fingerprint density at radius 3 is 2.67 bits per heavy atom. The van der Waals surface area contributed by atoms with Gasteiger partial charge in [0.25, 0.3) is 11.8 Å². The van der Waals surface area contributed by atoms with E-state index in [0.29, 0.717) is 17.7 Å². The lowest BCUT2D eigenvalue weighted by atomic mass is 10.1. The highest BCUT2D eigenvalue weighted by Crippen LogP contribution is 2.37. The molecule has 2 N–H and O–H groups in total. The highest BCUT2D eigenvalue weighted by molar-refractivity contribution is 8.01. The van der Waals surface area contributed by atoms with Gasteiger partial charge in [-0.25, -0.2) is 0 Å². The van der Waals surface area contributed by atoms with Gasteiger partial charge in [0.2, 0.25) is 0 Å². The van der Waals surface area contributed by atoms with Crippen molar-refractivity contribution in [1.29, 1.82) is 5.26 Å². The molecule has 1 heterocycles. The number of aryl methyl sites for hydroxylation is 1. The first kappa shape index (κ1) is 18.8. The zero-order valence-corrected chi connectivity index (χ0v) is 15.8. The topological polar surface area (TPSA) is 91.2 Å². The maximum absolute atomic E-state index is 12.3. The summed E-state index contributed by atoms with van der Waals surface area (Å²) < 4.78 is 5.52. The molecule has 2 amide bonds. The molecule has 0 fully saturated rings. The Balaban J connectivity index is 1.48. The van der Waals surface area contributed by atoms with Gasteiger partial charge in [-0.1, -0.05) is 17.7 Å². The summed E-state index contributed by atoms with van der Waals surface area (Å²) in [6.07, 6.45) is -0.159. The molecule has 0 saturated heterocycles. The molecule has 2 aromatic carbocycles. The predicted octanol–water partition coefficient (Wildman–Crippen LogP) is 2.50. The molecule has 3 rings (SSSR count). The highest BCUT2D eigenvalue weighted by atomic mass is 32.2. The van der Waals surface area contributed by atoms with Crippen LogP contribution in [0.5, 0.6) is 5.75 Å². The number of hydrogen-bond donors (Lipinski definition) is 2. The van der Waals surface area contributed by atoms with E-state index in [1.54, 1.807) is 31.2 Å². The van der Waals surface area contributed by atoms with Crippen LogP contribution in [0.3, 0.4) is 0 Å². The monoisotopic (exact) mass is 381 g/mol. The van der Waals surface area contributed by atoms with Gasteiger partial charge in [0.1, 0.15) is 5.75 Å². The van der Waals surface area contributed by atoms with E-state index >= 15 is 0 Å². The van der Waals surface area contributed by atoms with Crippen LogP contribution in [0.4, 0.5) is 0 Å². The van der Waals surface area contributed by atoms with E-state index in [1.165, 1.54) is 11.8 Å². The lowest BCUT2D eigenvalue weighted by Crippen LogP contribution is -2.49. The Bertz CT molecular complexity index is 906. The van der Waals surface area contributed by atoms with Crippen molar-refractivity contribution < 1.29 is 14.3 Å². The standard InChI is InChI=1S/C20H19N3O3S/c1-12-3-6-15-10-18(27-17(15)9-12)20(25)23-22-19(24)13(2)26-16-7-4-14(11-21)5-8-16/h3-9,13,18H,10H2,1-2H3,(H,22,24)(H,23,25)/t13-,18+/m1/s1. The first-order valence-corrected chi connectivity index (χ1v) is 9.37. The summed E-state index contributed by atoms with van der Waals surface area (Å²) in [5, 5.41) is 8.52. The van der Waals surface area contributed by atoms with Crippen molar-refractivity contribution >= 4 is 23.6 Å². The maximum atomic E-state index is 12.3. The minimum Gasteiger partial charge on any atom is -0.481 e. The number of hydrogen-bond acceptors (Lipinski definition) is 5. The zero-order valence-electron chi connectivity index (χ0n) is 15.0. The molecular formula is C20H19N3O3S. The number of hydrazine groups is 1. The molecule has 7 heteroatoms. The van der Waals surface area contributed by atoms with Crippen LogP contribution in [0.25, 0.3) is 0 Å². The van der Waals surface area contributed by atoms with Crippen molar-refractivity contribution in [2.45, 2.75) is 36.5 Å². The van der Waals surface area contributed by atoms with Crippen LogP contribution in [0.1, 0.15) is 23.6 Å². The first-order chi connectivity index (χ1) is 13.0. The van der Waals surface area contributed by atoms with Gasteiger partial charge in [-0.05, 0) is 56.2 Å². The first-order valence-electron chi connectivity index (χ1n) is 8.49. The fourth-order valence-electron chi connectivity index (χ4n) is 2.65. The van der Waals surface area contributed by atoms with E-state index in [2.05, 4.69) is 16.9 Å². The lowest BCUT2D eigenvalue weighted by molar-refractivity contribution is -0.132. The van der Waals surface area contributed by atoms with Crippen LogP contribution in [0, 0.1) is 18.3 Å². The van der Waals surface area contributed by atoms with Crippen molar-refractivity contribution in [3.63, 3.8) is 0 Å². The average Bonchev–Trinajstić information content (AvgIpc) is 3.09. The summed E-state index contributed by atoms with van der Waals surface area (Å²) in [5.74, 6) is -0.225. The van der Waals surface area contributed by atoms with E-state index in [1.807, 2.05) is 25.1 Å². The summed E-state index contributed by atoms with van der Waals surface area (Å²) >= 11 is 1.50. The molecule has 0 radical (unpaired) electrons. The van der Waals surface area contributed by atoms with E-state index in [9.17, 15) is 9.59 Å². The van der Waals surface area contributed by atoms with Gasteiger partial charge >= 0.3 is 0 Å². The third-order valence-electron chi connectivity index (χ3n) is 4.16. The van der Waals surface area contributed by atoms with Crippen molar-refractivity contribution in [3.05, 3.63) is 59.2 Å². The number of thioether (sulfide) groups is 1. The van der Waals surface area contributed by atoms with E-state index < -0.39 is 12.0 Å². The smallest absolute Gasteiger partial charge is 0.279 e. The van der Waals surface area contributed by atoms with Gasteiger partial charge in [0.05, 0.1) is 16.9 Å². The third-order valence-corrected chi connectivity index (χ3v) is 5.46. The lowest BCUT2D eigenvalue weighted by Gasteiger charge is -2.16. The Morgan fingerprint density at radius 2 is 1.96 bits per heavy atom. The zero-order chi connectivity index (χ0) is 19.4. The average molecular weight is 381 g/mol. The summed E-state index contributed by atoms with van der Waals surface area (Å²) in [6, 6.07) is 14.6. The second-order valence-corrected chi connectivity index (χ2v) is 7.54. The van der Waals surface area contributed by atoms with Crippen LogP contribution in [0.15, 0.2) is 47.4 Å². The molecule has 0 aliphatic carbocycles. The number of nitrogens with zero attached hydrogens (tertiary/aromatic N) is 1. The molecule has 1 aliphatic rings. The fraction of sp³-hybridized carbons (Fsp3) is 0.250. The number of benzene rings is 2. The molecule has 6 nitrogen and oxygen atoms in total. The Kier molecular flexibility index (Phi) is 5.67. The molecule has 2 atom stereocenters. The second-order valence-electron chi connectivity index (χ2n) is 6.30. The van der Waals surface area contributed by atoms with Crippen LogP contribution >= 0.6 is 11.8 Å². The number of carbonyl (C=O) groups is 2. The summed E-state index contributed by atoms with van der Waals surface area (Å²) in [6.45, 7) is 3.60. The molecular weight excluding hydrogens is 362 g/mol. The minimum absolute atomic E-state index is 0.243. The van der Waals surface area contributed by atoms with Crippen LogP contribution in [-0.4, -0.2) is 23.2 Å². The van der Waals surface area contributed by atoms with Gasteiger partial charge in [-0.2, -0.15) is 5.26 Å². The van der Waals surface area contributed by atoms with Crippen molar-refractivity contribution in [3.8, 4) is 11.8 Å². The summed E-state index contributed by atoms with van der Waals surface area (Å²) in [5.41, 5.74) is 7.70. The molecule has 0 aromatic heterocycles. The van der Waals surface area contributed by atoms with Crippen molar-refractivity contribution in [1.82, 2.24) is 10.9 Å². The normalized spacial score (nSPS) is 16.0. The van der Waals surface area contributed by atoms with Gasteiger partial charge in [0.15, 0.2) is 6.10 Å². The quantitative estimate of drug-likeness (QED) is 0.794. The molecule has 0 bridgehead atoms. The molecule has 138 valence electrons. The molecule has 27 heavy (non-hydrogen) atoms. The largest absolute Gasteiger partial charge is 0.481 e. The minimum atomic E-state index is -0.797. The van der Waals surface area contributed by atoms with E-state index in [4.69, 9.17) is 10.00 Å². The number of nitrogens with one attached hydrogen (secondary N) is 2. The van der Waals surface area contributed by atoms with Crippen LogP contribution in [-0.2, 0) is 16.0 Å². The third kappa shape index (κ3) is 4.60. The number of fused-ring (bicyclic) bond motifs is 1. The van der Waals surface area contributed by atoms with Crippen molar-refractivity contribution in [2.24, 2.45) is 0 Å². The van der Waals surface area contributed by atoms with Gasteiger partial charge in [-0.3, -0.25) is 20.4 Å². The van der Waals surface area contributed by atoms with E-state index in [-0.39, 0.29) is 11.2 Å². The number of nitriles is 1. The Hall–Kier alpha value is -2.98. The number of amides is 2. The van der Waals surface area contributed by atoms with Gasteiger partial charge in [0, 0.05) is 4.90 Å². The number of rotatable bonds is 4. The molecule has 2 aromatic rings. The summed E-state index contributed by atoms with van der Waals surface area (Å²) in [7, 11) is 0.